The van der Waals surface area contributed by atoms with E-state index in [9.17, 15) is 18.0 Å². The molecule has 0 spiro atoms. The molecule has 2 aliphatic heterocycles. The van der Waals surface area contributed by atoms with Gasteiger partial charge in [0.2, 0.25) is 5.76 Å². The van der Waals surface area contributed by atoms with Gasteiger partial charge in [-0.15, -0.1) is 0 Å². The highest BCUT2D eigenvalue weighted by Crippen LogP contribution is 2.38. The van der Waals surface area contributed by atoms with Gasteiger partial charge in [0.15, 0.2) is 5.65 Å². The van der Waals surface area contributed by atoms with Crippen LogP contribution in [0.15, 0.2) is 22.7 Å². The van der Waals surface area contributed by atoms with Crippen molar-refractivity contribution < 1.29 is 22.4 Å². The molecular weight excluding hydrogens is 435 g/mol. The van der Waals surface area contributed by atoms with Crippen LogP contribution < -0.4 is 4.90 Å². The summed E-state index contributed by atoms with van der Waals surface area (Å²) < 4.78 is 46.9. The fourth-order valence-electron chi connectivity index (χ4n) is 4.95. The van der Waals surface area contributed by atoms with E-state index in [4.69, 9.17) is 9.40 Å². The minimum atomic E-state index is -4.74. The number of carbonyl (C=O) groups is 1. The highest BCUT2D eigenvalue weighted by atomic mass is 19.4. The molecular formula is C23H26F3N5O2. The second-order valence-electron chi connectivity index (χ2n) is 8.92. The van der Waals surface area contributed by atoms with Crippen molar-refractivity contribution in [3.8, 4) is 0 Å². The molecule has 0 N–H and O–H groups in total. The minimum Gasteiger partial charge on any atom is -0.456 e. The first kappa shape index (κ1) is 21.8. The van der Waals surface area contributed by atoms with Crippen LogP contribution in [-0.2, 0) is 6.18 Å². The average molecular weight is 461 g/mol. The predicted molar refractivity (Wildman–Crippen MR) is 115 cm³/mol. The van der Waals surface area contributed by atoms with E-state index in [1.807, 2.05) is 19.2 Å². The van der Waals surface area contributed by atoms with Gasteiger partial charge >= 0.3 is 6.18 Å². The Labute approximate surface area is 189 Å². The number of nitrogens with zero attached hydrogens (tertiary/aromatic N) is 5. The van der Waals surface area contributed by atoms with E-state index in [2.05, 4.69) is 10.00 Å². The molecule has 33 heavy (non-hydrogen) atoms. The maximum atomic E-state index is 13.5. The molecule has 0 aromatic carbocycles. The summed E-state index contributed by atoms with van der Waals surface area (Å²) in [6.07, 6.45) is 1.70. The molecule has 5 rings (SSSR count). The number of rotatable bonds is 3. The van der Waals surface area contributed by atoms with Gasteiger partial charge in [0.1, 0.15) is 11.6 Å². The van der Waals surface area contributed by atoms with Crippen LogP contribution in [-0.4, -0.2) is 45.0 Å². The number of aromatic nitrogens is 3. The summed E-state index contributed by atoms with van der Waals surface area (Å²) in [4.78, 5) is 21.8. The van der Waals surface area contributed by atoms with E-state index in [0.29, 0.717) is 24.3 Å². The number of fused-ring (bicyclic) bond motifs is 1. The molecule has 2 fully saturated rings. The lowest BCUT2D eigenvalue weighted by Gasteiger charge is -2.34. The van der Waals surface area contributed by atoms with Gasteiger partial charge in [-0.2, -0.15) is 18.3 Å². The summed E-state index contributed by atoms with van der Waals surface area (Å²) in [6.45, 7) is 5.72. The standard InChI is InChI=1S/C23H26F3N5O2/c1-14-13-31-19(27-21(14)29-8-5-6-9-29)12-17(28-31)18-7-3-4-10-30(18)22(32)16-11-15(2)33-20(16)23(24,25)26/h11-13,18H,3-10H2,1-2H3/t18-/m0/s1. The van der Waals surface area contributed by atoms with Crippen LogP contribution in [0.3, 0.4) is 0 Å². The van der Waals surface area contributed by atoms with Crippen LogP contribution in [0.4, 0.5) is 19.0 Å². The van der Waals surface area contributed by atoms with Crippen molar-refractivity contribution in [2.24, 2.45) is 0 Å². The second kappa shape index (κ2) is 8.07. The Bertz CT molecular complexity index is 1190. The molecule has 5 heterocycles. The lowest BCUT2D eigenvalue weighted by Crippen LogP contribution is -2.39. The average Bonchev–Trinajstić information content (AvgIpc) is 3.51. The first-order valence-electron chi connectivity index (χ1n) is 11.3. The van der Waals surface area contributed by atoms with Gasteiger partial charge in [0.25, 0.3) is 5.91 Å². The molecule has 0 aliphatic carbocycles. The zero-order valence-corrected chi connectivity index (χ0v) is 18.7. The summed E-state index contributed by atoms with van der Waals surface area (Å²) >= 11 is 0. The molecule has 2 aliphatic rings. The summed E-state index contributed by atoms with van der Waals surface area (Å²) in [5.41, 5.74) is 1.88. The maximum absolute atomic E-state index is 13.5. The summed E-state index contributed by atoms with van der Waals surface area (Å²) in [5, 5.41) is 4.66. The zero-order chi connectivity index (χ0) is 23.3. The maximum Gasteiger partial charge on any atom is 0.450 e. The van der Waals surface area contributed by atoms with Crippen LogP contribution >= 0.6 is 0 Å². The summed E-state index contributed by atoms with van der Waals surface area (Å²) in [6, 6.07) is 2.61. The van der Waals surface area contributed by atoms with E-state index in [0.717, 1.165) is 50.2 Å². The Morgan fingerprint density at radius 1 is 1.09 bits per heavy atom. The number of likely N-dealkylation sites (tertiary alicyclic amines) is 1. The second-order valence-corrected chi connectivity index (χ2v) is 8.92. The lowest BCUT2D eigenvalue weighted by atomic mass is 9.98. The highest BCUT2D eigenvalue weighted by molar-refractivity contribution is 5.96. The van der Waals surface area contributed by atoms with Crippen molar-refractivity contribution in [1.82, 2.24) is 19.5 Å². The predicted octanol–water partition coefficient (Wildman–Crippen LogP) is 4.93. The van der Waals surface area contributed by atoms with Gasteiger partial charge in [-0.3, -0.25) is 4.79 Å². The van der Waals surface area contributed by atoms with Crippen molar-refractivity contribution in [3.63, 3.8) is 0 Å². The van der Waals surface area contributed by atoms with E-state index in [1.165, 1.54) is 17.9 Å². The van der Waals surface area contributed by atoms with Crippen LogP contribution in [0.2, 0.25) is 0 Å². The molecule has 3 aromatic rings. The number of furan rings is 1. The van der Waals surface area contributed by atoms with Crippen LogP contribution in [0, 0.1) is 13.8 Å². The first-order chi connectivity index (χ1) is 15.7. The topological polar surface area (TPSA) is 66.9 Å². The molecule has 7 nitrogen and oxygen atoms in total. The molecule has 1 atom stereocenters. The zero-order valence-electron chi connectivity index (χ0n) is 18.7. The van der Waals surface area contributed by atoms with Gasteiger partial charge in [0.05, 0.1) is 17.3 Å². The fraction of sp³-hybridized carbons (Fsp3) is 0.522. The largest absolute Gasteiger partial charge is 0.456 e. The number of hydrogen-bond donors (Lipinski definition) is 0. The number of carbonyl (C=O) groups excluding carboxylic acids is 1. The van der Waals surface area contributed by atoms with Gasteiger partial charge < -0.3 is 14.2 Å². The third-order valence-electron chi connectivity index (χ3n) is 6.48. The van der Waals surface area contributed by atoms with Crippen molar-refractivity contribution in [3.05, 3.63) is 46.7 Å². The highest BCUT2D eigenvalue weighted by Gasteiger charge is 2.42. The Morgan fingerprint density at radius 2 is 1.82 bits per heavy atom. The Hall–Kier alpha value is -3.04. The monoisotopic (exact) mass is 461 g/mol. The molecule has 176 valence electrons. The van der Waals surface area contributed by atoms with Crippen molar-refractivity contribution in [1.29, 1.82) is 0 Å². The normalized spacial score (nSPS) is 19.6. The van der Waals surface area contributed by atoms with Crippen LogP contribution in [0.1, 0.15) is 71.3 Å². The number of halogens is 3. The Kier molecular flexibility index (Phi) is 5.33. The number of amides is 1. The number of alkyl halides is 3. The molecule has 0 radical (unpaired) electrons. The lowest BCUT2D eigenvalue weighted by molar-refractivity contribution is -0.153. The van der Waals surface area contributed by atoms with Gasteiger partial charge in [-0.25, -0.2) is 9.50 Å². The third-order valence-corrected chi connectivity index (χ3v) is 6.48. The van der Waals surface area contributed by atoms with Crippen molar-refractivity contribution in [2.45, 2.75) is 58.2 Å². The molecule has 1 amide bonds. The van der Waals surface area contributed by atoms with E-state index in [1.54, 1.807) is 4.52 Å². The third kappa shape index (κ3) is 3.95. The molecule has 10 heteroatoms. The van der Waals surface area contributed by atoms with E-state index < -0.39 is 29.4 Å². The summed E-state index contributed by atoms with van der Waals surface area (Å²) in [7, 11) is 0. The smallest absolute Gasteiger partial charge is 0.450 e. The number of anilines is 1. The van der Waals surface area contributed by atoms with Crippen LogP contribution in [0.25, 0.3) is 5.65 Å². The van der Waals surface area contributed by atoms with E-state index >= 15 is 0 Å². The molecule has 0 saturated carbocycles. The quantitative estimate of drug-likeness (QED) is 0.554. The number of piperidine rings is 1. The van der Waals surface area contributed by atoms with Gasteiger partial charge in [0, 0.05) is 37.5 Å². The molecule has 2 saturated heterocycles. The van der Waals surface area contributed by atoms with Crippen LogP contribution in [0.5, 0.6) is 0 Å². The van der Waals surface area contributed by atoms with E-state index in [-0.39, 0.29) is 5.76 Å². The Balaban J connectivity index is 1.49. The number of aryl methyl sites for hydroxylation is 2. The van der Waals surface area contributed by atoms with Gasteiger partial charge in [-0.05, 0) is 52.0 Å². The first-order valence-corrected chi connectivity index (χ1v) is 11.3. The molecule has 0 unspecified atom stereocenters. The van der Waals surface area contributed by atoms with Crippen molar-refractivity contribution >= 4 is 17.4 Å². The van der Waals surface area contributed by atoms with Gasteiger partial charge in [-0.1, -0.05) is 0 Å². The number of hydrogen-bond acceptors (Lipinski definition) is 5. The Morgan fingerprint density at radius 3 is 2.55 bits per heavy atom. The fourth-order valence-corrected chi connectivity index (χ4v) is 4.95. The summed E-state index contributed by atoms with van der Waals surface area (Å²) in [5.74, 6) is -0.924. The SMILES string of the molecule is Cc1cc(C(=O)N2CCCC[C@H]2c2cc3nc(N4CCCC4)c(C)cn3n2)c(C(F)(F)F)o1. The molecule has 3 aromatic heterocycles. The van der Waals surface area contributed by atoms with Crippen molar-refractivity contribution in [2.75, 3.05) is 24.5 Å². The minimum absolute atomic E-state index is 0.0566. The molecule has 0 bridgehead atoms.